The summed E-state index contributed by atoms with van der Waals surface area (Å²) in [5, 5.41) is 0.509. The van der Waals surface area contributed by atoms with E-state index in [9.17, 15) is 4.79 Å². The van der Waals surface area contributed by atoms with Gasteiger partial charge in [-0.3, -0.25) is 4.79 Å². The first-order valence-electron chi connectivity index (χ1n) is 5.10. The maximum absolute atomic E-state index is 11.3. The molecule has 1 aromatic carbocycles. The molecule has 0 saturated heterocycles. The average Bonchev–Trinajstić information content (AvgIpc) is 2.30. The van der Waals surface area contributed by atoms with Crippen molar-refractivity contribution in [3.8, 4) is 5.75 Å². The summed E-state index contributed by atoms with van der Waals surface area (Å²) in [7, 11) is 1.37. The number of halogens is 1. The van der Waals surface area contributed by atoms with E-state index in [2.05, 4.69) is 4.74 Å². The van der Waals surface area contributed by atoms with Crippen LogP contribution in [-0.2, 0) is 9.53 Å². The molecule has 0 aliphatic rings. The number of carbonyl (C=O) groups is 1. The predicted octanol–water partition coefficient (Wildman–Crippen LogP) is 3.02. The third-order valence-corrected chi connectivity index (χ3v) is 2.61. The van der Waals surface area contributed by atoms with Gasteiger partial charge in [0.1, 0.15) is 5.75 Å². The summed E-state index contributed by atoms with van der Waals surface area (Å²) < 4.78 is 9.98. The van der Waals surface area contributed by atoms with Gasteiger partial charge in [-0.1, -0.05) is 17.7 Å². The summed E-state index contributed by atoms with van der Waals surface area (Å²) in [5.74, 6) is 0.0309. The van der Waals surface area contributed by atoms with Crippen LogP contribution < -0.4 is 4.74 Å². The van der Waals surface area contributed by atoms with E-state index < -0.39 is 0 Å². The number of benzene rings is 1. The maximum Gasteiger partial charge on any atom is 0.312 e. The highest BCUT2D eigenvalue weighted by Gasteiger charge is 2.16. The monoisotopic (exact) mass is 242 g/mol. The molecule has 1 unspecified atom stereocenters. The van der Waals surface area contributed by atoms with E-state index in [1.165, 1.54) is 7.11 Å². The van der Waals surface area contributed by atoms with E-state index in [1.807, 2.05) is 13.0 Å². The Morgan fingerprint density at radius 3 is 2.69 bits per heavy atom. The van der Waals surface area contributed by atoms with Crippen LogP contribution in [-0.4, -0.2) is 19.7 Å². The lowest BCUT2D eigenvalue weighted by atomic mass is 10.0. The molecule has 0 aromatic heterocycles. The fourth-order valence-electron chi connectivity index (χ4n) is 1.37. The van der Waals surface area contributed by atoms with Gasteiger partial charge >= 0.3 is 5.97 Å². The molecule has 4 heteroatoms. The number of hydrogen-bond donors (Lipinski definition) is 0. The Balaban J connectivity index is 2.92. The van der Waals surface area contributed by atoms with Gasteiger partial charge in [-0.25, -0.2) is 0 Å². The van der Waals surface area contributed by atoms with Gasteiger partial charge in [0.2, 0.25) is 0 Å². The average molecular weight is 243 g/mol. The molecular weight excluding hydrogens is 228 g/mol. The number of rotatable bonds is 4. The molecule has 0 heterocycles. The van der Waals surface area contributed by atoms with Gasteiger partial charge in [0.05, 0.1) is 24.7 Å². The van der Waals surface area contributed by atoms with Crippen LogP contribution in [0.3, 0.4) is 0 Å². The fourth-order valence-corrected chi connectivity index (χ4v) is 1.62. The molecular formula is C12H15ClO3. The first kappa shape index (κ1) is 12.8. The number of esters is 1. The molecule has 88 valence electrons. The van der Waals surface area contributed by atoms with Crippen molar-refractivity contribution in [1.82, 2.24) is 0 Å². The molecule has 0 spiro atoms. The molecule has 3 nitrogen and oxygen atoms in total. The number of methoxy groups -OCH3 is 1. The lowest BCUT2D eigenvalue weighted by molar-refractivity contribution is -0.141. The molecule has 1 rings (SSSR count). The molecule has 0 radical (unpaired) electrons. The van der Waals surface area contributed by atoms with Crippen LogP contribution in [0.5, 0.6) is 5.75 Å². The van der Waals surface area contributed by atoms with Crippen molar-refractivity contribution in [2.75, 3.05) is 13.7 Å². The van der Waals surface area contributed by atoms with E-state index in [-0.39, 0.29) is 11.9 Å². The van der Waals surface area contributed by atoms with E-state index in [4.69, 9.17) is 16.3 Å². The van der Waals surface area contributed by atoms with Gasteiger partial charge in [-0.15, -0.1) is 0 Å². The zero-order valence-electron chi connectivity index (χ0n) is 9.62. The Kier molecular flexibility index (Phi) is 4.62. The summed E-state index contributed by atoms with van der Waals surface area (Å²) in [4.78, 5) is 11.3. The Hall–Kier alpha value is -1.22. The van der Waals surface area contributed by atoms with Crippen LogP contribution in [0.4, 0.5) is 0 Å². The Labute approximate surface area is 100 Å². The van der Waals surface area contributed by atoms with Crippen molar-refractivity contribution < 1.29 is 14.3 Å². The first-order valence-corrected chi connectivity index (χ1v) is 5.48. The summed E-state index contributed by atoms with van der Waals surface area (Å²) in [5.41, 5.74) is 0.820. The van der Waals surface area contributed by atoms with E-state index in [1.54, 1.807) is 19.1 Å². The Morgan fingerprint density at radius 2 is 2.19 bits per heavy atom. The van der Waals surface area contributed by atoms with Crippen molar-refractivity contribution in [2.24, 2.45) is 0 Å². The second-order valence-electron chi connectivity index (χ2n) is 3.37. The van der Waals surface area contributed by atoms with Gasteiger partial charge in [-0.05, 0) is 31.5 Å². The summed E-state index contributed by atoms with van der Waals surface area (Å²) >= 11 is 6.02. The molecule has 0 bridgehead atoms. The normalized spacial score (nSPS) is 12.0. The standard InChI is InChI=1S/C12H15ClO3/c1-4-16-11-6-5-9(7-10(11)13)8(2)12(14)15-3/h5-8H,4H2,1-3H3. The van der Waals surface area contributed by atoms with Gasteiger partial charge in [0.25, 0.3) is 0 Å². The third-order valence-electron chi connectivity index (χ3n) is 2.31. The number of carbonyl (C=O) groups excluding carboxylic acids is 1. The lowest BCUT2D eigenvalue weighted by Crippen LogP contribution is -2.10. The van der Waals surface area contributed by atoms with E-state index in [0.717, 1.165) is 5.56 Å². The predicted molar refractivity (Wildman–Crippen MR) is 63.1 cm³/mol. The highest BCUT2D eigenvalue weighted by Crippen LogP contribution is 2.28. The zero-order valence-corrected chi connectivity index (χ0v) is 10.4. The molecule has 0 aliphatic carbocycles. The quantitative estimate of drug-likeness (QED) is 0.762. The molecule has 0 amide bonds. The van der Waals surface area contributed by atoms with Gasteiger partial charge in [0, 0.05) is 0 Å². The molecule has 0 aliphatic heterocycles. The minimum atomic E-state index is -0.321. The highest BCUT2D eigenvalue weighted by atomic mass is 35.5. The van der Waals surface area contributed by atoms with Gasteiger partial charge in [0.15, 0.2) is 0 Å². The maximum atomic E-state index is 11.3. The lowest BCUT2D eigenvalue weighted by Gasteiger charge is -2.11. The van der Waals surface area contributed by atoms with E-state index in [0.29, 0.717) is 17.4 Å². The number of ether oxygens (including phenoxy) is 2. The first-order chi connectivity index (χ1) is 7.60. The molecule has 16 heavy (non-hydrogen) atoms. The van der Waals surface area contributed by atoms with Crippen LogP contribution in [0.2, 0.25) is 5.02 Å². The summed E-state index contributed by atoms with van der Waals surface area (Å²) in [6, 6.07) is 5.31. The van der Waals surface area contributed by atoms with Crippen molar-refractivity contribution in [2.45, 2.75) is 19.8 Å². The minimum Gasteiger partial charge on any atom is -0.492 e. The van der Waals surface area contributed by atoms with Crippen molar-refractivity contribution in [3.63, 3.8) is 0 Å². The van der Waals surface area contributed by atoms with Crippen LogP contribution in [0.15, 0.2) is 18.2 Å². The smallest absolute Gasteiger partial charge is 0.312 e. The van der Waals surface area contributed by atoms with Crippen LogP contribution in [0.1, 0.15) is 25.3 Å². The Bertz CT molecular complexity index is 377. The van der Waals surface area contributed by atoms with Gasteiger partial charge in [-0.2, -0.15) is 0 Å². The molecule has 0 N–H and O–H groups in total. The zero-order chi connectivity index (χ0) is 12.1. The van der Waals surface area contributed by atoms with Crippen molar-refractivity contribution >= 4 is 17.6 Å². The molecule has 0 saturated carbocycles. The summed E-state index contributed by atoms with van der Waals surface area (Å²) in [6.45, 7) is 4.23. The second-order valence-corrected chi connectivity index (χ2v) is 3.77. The number of hydrogen-bond acceptors (Lipinski definition) is 3. The molecule has 1 aromatic rings. The third kappa shape index (κ3) is 2.89. The SMILES string of the molecule is CCOc1ccc(C(C)C(=O)OC)cc1Cl. The van der Waals surface area contributed by atoms with Crippen molar-refractivity contribution in [3.05, 3.63) is 28.8 Å². The Morgan fingerprint density at radius 1 is 1.50 bits per heavy atom. The summed E-state index contributed by atoms with van der Waals surface area (Å²) in [6.07, 6.45) is 0. The van der Waals surface area contributed by atoms with E-state index >= 15 is 0 Å². The van der Waals surface area contributed by atoms with Crippen LogP contribution >= 0.6 is 11.6 Å². The van der Waals surface area contributed by atoms with Crippen LogP contribution in [0, 0.1) is 0 Å². The molecule has 0 fully saturated rings. The fraction of sp³-hybridized carbons (Fsp3) is 0.417. The minimum absolute atomic E-state index is 0.278. The largest absolute Gasteiger partial charge is 0.492 e. The highest BCUT2D eigenvalue weighted by molar-refractivity contribution is 6.32. The van der Waals surface area contributed by atoms with Crippen LogP contribution in [0.25, 0.3) is 0 Å². The topological polar surface area (TPSA) is 35.5 Å². The molecule has 1 atom stereocenters. The second kappa shape index (κ2) is 5.75. The van der Waals surface area contributed by atoms with Gasteiger partial charge < -0.3 is 9.47 Å². The van der Waals surface area contributed by atoms with Crippen molar-refractivity contribution in [1.29, 1.82) is 0 Å².